The van der Waals surface area contributed by atoms with Crippen molar-refractivity contribution in [3.63, 3.8) is 0 Å². The van der Waals surface area contributed by atoms with Crippen LogP contribution in [-0.2, 0) is 6.18 Å². The van der Waals surface area contributed by atoms with E-state index in [-0.39, 0.29) is 17.4 Å². The number of anilines is 1. The average Bonchev–Trinajstić information content (AvgIpc) is 3.10. The highest BCUT2D eigenvalue weighted by Crippen LogP contribution is 2.38. The molecule has 26 heavy (non-hydrogen) atoms. The number of fused-ring (bicyclic) bond motifs is 1. The van der Waals surface area contributed by atoms with Gasteiger partial charge in [0, 0.05) is 37.9 Å². The van der Waals surface area contributed by atoms with Gasteiger partial charge in [0.05, 0.1) is 12.2 Å². The van der Waals surface area contributed by atoms with Gasteiger partial charge in [0.15, 0.2) is 17.2 Å². The monoisotopic (exact) mass is 364 g/mol. The van der Waals surface area contributed by atoms with Gasteiger partial charge in [-0.05, 0) is 6.42 Å². The fraction of sp³-hybridized carbons (Fsp3) is 0.467. The van der Waals surface area contributed by atoms with Crippen LogP contribution < -0.4 is 10.2 Å². The minimum atomic E-state index is -4.62. The van der Waals surface area contributed by atoms with Crippen LogP contribution in [0.4, 0.5) is 19.0 Å². The van der Waals surface area contributed by atoms with Crippen molar-refractivity contribution in [2.75, 3.05) is 31.1 Å². The SMILES string of the molecule is FC(F)(F)c1c(-c2cnn(C3CNC3)c2)nc(N2CCC2)c2ncnn12. The molecule has 0 bridgehead atoms. The second-order valence-corrected chi connectivity index (χ2v) is 6.49. The van der Waals surface area contributed by atoms with Crippen LogP contribution in [0.15, 0.2) is 18.7 Å². The van der Waals surface area contributed by atoms with Gasteiger partial charge >= 0.3 is 6.18 Å². The highest BCUT2D eigenvalue weighted by molar-refractivity contribution is 5.72. The number of halogens is 3. The normalized spacial score (nSPS) is 18.2. The first-order valence-electron chi connectivity index (χ1n) is 8.33. The third kappa shape index (κ3) is 2.26. The Morgan fingerprint density at radius 1 is 1.15 bits per heavy atom. The van der Waals surface area contributed by atoms with E-state index in [9.17, 15) is 13.2 Å². The smallest absolute Gasteiger partial charge is 0.353 e. The van der Waals surface area contributed by atoms with Gasteiger partial charge in [-0.1, -0.05) is 0 Å². The maximum atomic E-state index is 13.8. The molecule has 8 nitrogen and oxygen atoms in total. The van der Waals surface area contributed by atoms with Crippen molar-refractivity contribution in [2.24, 2.45) is 0 Å². The van der Waals surface area contributed by atoms with Gasteiger partial charge < -0.3 is 10.2 Å². The van der Waals surface area contributed by atoms with E-state index in [2.05, 4.69) is 25.5 Å². The fourth-order valence-corrected chi connectivity index (χ4v) is 3.18. The first kappa shape index (κ1) is 15.6. The topological polar surface area (TPSA) is 76.2 Å². The van der Waals surface area contributed by atoms with E-state index >= 15 is 0 Å². The number of rotatable bonds is 3. The molecule has 0 aliphatic carbocycles. The maximum absolute atomic E-state index is 13.8. The van der Waals surface area contributed by atoms with E-state index in [4.69, 9.17) is 0 Å². The van der Waals surface area contributed by atoms with Crippen LogP contribution in [0.25, 0.3) is 16.9 Å². The van der Waals surface area contributed by atoms with Crippen LogP contribution in [0.5, 0.6) is 0 Å². The summed E-state index contributed by atoms with van der Waals surface area (Å²) in [4.78, 5) is 10.3. The summed E-state index contributed by atoms with van der Waals surface area (Å²) in [5.41, 5.74) is -0.656. The maximum Gasteiger partial charge on any atom is 0.435 e. The predicted octanol–water partition coefficient (Wildman–Crippen LogP) is 1.36. The predicted molar refractivity (Wildman–Crippen MR) is 85.7 cm³/mol. The fourth-order valence-electron chi connectivity index (χ4n) is 3.18. The second kappa shape index (κ2) is 5.40. The Balaban J connectivity index is 1.72. The molecular formula is C15H15F3N8. The highest BCUT2D eigenvalue weighted by atomic mass is 19.4. The molecule has 2 saturated heterocycles. The average molecular weight is 364 g/mol. The van der Waals surface area contributed by atoms with Crippen molar-refractivity contribution in [3.8, 4) is 11.3 Å². The number of hydrogen-bond acceptors (Lipinski definition) is 6. The summed E-state index contributed by atoms with van der Waals surface area (Å²) in [6, 6.07) is 0.156. The Morgan fingerprint density at radius 3 is 2.58 bits per heavy atom. The van der Waals surface area contributed by atoms with Crippen molar-refractivity contribution >= 4 is 11.5 Å². The Morgan fingerprint density at radius 2 is 1.96 bits per heavy atom. The van der Waals surface area contributed by atoms with Crippen LogP contribution in [0.2, 0.25) is 0 Å². The van der Waals surface area contributed by atoms with Crippen molar-refractivity contribution < 1.29 is 13.2 Å². The summed E-state index contributed by atoms with van der Waals surface area (Å²) < 4.78 is 44.0. The standard InChI is InChI=1S/C15H15F3N8/c16-15(17,18)12-11(9-4-21-25(7-9)10-5-19-6-10)23-14(24-2-1-3-24)13-20-8-22-26(12)13/h4,7-8,10,19H,1-3,5-6H2. The first-order valence-corrected chi connectivity index (χ1v) is 8.33. The summed E-state index contributed by atoms with van der Waals surface area (Å²) >= 11 is 0. The third-order valence-corrected chi connectivity index (χ3v) is 4.83. The molecule has 0 atom stereocenters. The van der Waals surface area contributed by atoms with Gasteiger partial charge in [0.2, 0.25) is 0 Å². The van der Waals surface area contributed by atoms with E-state index in [1.54, 1.807) is 10.9 Å². The van der Waals surface area contributed by atoms with E-state index in [1.807, 2.05) is 4.90 Å². The Bertz CT molecular complexity index is 967. The Hall–Kier alpha value is -2.69. The molecule has 3 aromatic heterocycles. The molecule has 11 heteroatoms. The van der Waals surface area contributed by atoms with Gasteiger partial charge in [-0.15, -0.1) is 0 Å². The van der Waals surface area contributed by atoms with E-state index < -0.39 is 11.9 Å². The first-order chi connectivity index (χ1) is 12.5. The van der Waals surface area contributed by atoms with Crippen LogP contribution >= 0.6 is 0 Å². The summed E-state index contributed by atoms with van der Waals surface area (Å²) in [6.07, 6.45) is 0.528. The summed E-state index contributed by atoms with van der Waals surface area (Å²) in [7, 11) is 0. The van der Waals surface area contributed by atoms with E-state index in [1.165, 1.54) is 6.20 Å². The molecule has 0 amide bonds. The molecule has 0 aromatic carbocycles. The Labute approximate surface area is 145 Å². The minimum absolute atomic E-state index is 0.122. The Kier molecular flexibility index (Phi) is 3.23. The molecule has 0 spiro atoms. The number of hydrogen-bond donors (Lipinski definition) is 1. The molecule has 2 fully saturated rings. The number of alkyl halides is 3. The van der Waals surface area contributed by atoms with Gasteiger partial charge in [-0.25, -0.2) is 14.5 Å². The van der Waals surface area contributed by atoms with Crippen LogP contribution in [0.3, 0.4) is 0 Å². The zero-order chi connectivity index (χ0) is 17.9. The van der Waals surface area contributed by atoms with Crippen LogP contribution in [0.1, 0.15) is 18.2 Å². The molecule has 2 aliphatic rings. The molecule has 0 radical (unpaired) electrons. The number of nitrogens with one attached hydrogen (secondary N) is 1. The lowest BCUT2D eigenvalue weighted by atomic mass is 10.1. The lowest BCUT2D eigenvalue weighted by Crippen LogP contribution is -2.43. The van der Waals surface area contributed by atoms with Crippen molar-refractivity contribution in [2.45, 2.75) is 18.6 Å². The van der Waals surface area contributed by atoms with Gasteiger partial charge in [-0.2, -0.15) is 23.4 Å². The zero-order valence-electron chi connectivity index (χ0n) is 13.6. The summed E-state index contributed by atoms with van der Waals surface area (Å²) in [5.74, 6) is 0.426. The van der Waals surface area contributed by atoms with Gasteiger partial charge in [-0.3, -0.25) is 4.68 Å². The zero-order valence-corrected chi connectivity index (χ0v) is 13.6. The molecular weight excluding hydrogens is 349 g/mol. The summed E-state index contributed by atoms with van der Waals surface area (Å²) in [6.45, 7) is 2.99. The van der Waals surface area contributed by atoms with E-state index in [0.717, 1.165) is 43.4 Å². The van der Waals surface area contributed by atoms with Gasteiger partial charge in [0.25, 0.3) is 0 Å². The second-order valence-electron chi connectivity index (χ2n) is 6.49. The lowest BCUT2D eigenvalue weighted by molar-refractivity contribution is -0.142. The lowest BCUT2D eigenvalue weighted by Gasteiger charge is -2.32. The largest absolute Gasteiger partial charge is 0.435 e. The van der Waals surface area contributed by atoms with Crippen molar-refractivity contribution in [1.82, 2.24) is 34.7 Å². The van der Waals surface area contributed by atoms with Crippen molar-refractivity contribution in [1.29, 1.82) is 0 Å². The highest BCUT2D eigenvalue weighted by Gasteiger charge is 2.40. The van der Waals surface area contributed by atoms with Gasteiger partial charge in [0.1, 0.15) is 12.0 Å². The molecule has 2 aliphatic heterocycles. The number of aromatic nitrogens is 6. The number of nitrogens with zero attached hydrogens (tertiary/aromatic N) is 7. The van der Waals surface area contributed by atoms with Crippen molar-refractivity contribution in [3.05, 3.63) is 24.4 Å². The summed E-state index contributed by atoms with van der Waals surface area (Å²) in [5, 5.41) is 11.2. The molecule has 136 valence electrons. The van der Waals surface area contributed by atoms with Crippen LogP contribution in [-0.4, -0.2) is 55.5 Å². The molecule has 0 unspecified atom stereocenters. The third-order valence-electron chi connectivity index (χ3n) is 4.83. The van der Waals surface area contributed by atoms with E-state index in [0.29, 0.717) is 11.4 Å². The molecule has 0 saturated carbocycles. The molecule has 5 rings (SSSR count). The molecule has 1 N–H and O–H groups in total. The molecule has 3 aromatic rings. The molecule has 5 heterocycles. The van der Waals surface area contributed by atoms with Crippen LogP contribution in [0, 0.1) is 0 Å². The minimum Gasteiger partial charge on any atom is -0.353 e. The quantitative estimate of drug-likeness (QED) is 0.756.